The first kappa shape index (κ1) is 36.4. The van der Waals surface area contributed by atoms with Crippen molar-refractivity contribution in [3.05, 3.63) is 65.2 Å². The standard InChI is InChI=1S/C34H44N4O9/c1-33(2,3)46-31(42)37-30(38-32(43)47-34(4,5)6)36-19-9-8-18-35-26(40)17-11-21-10-16-25-24(20-21)27(29(41)44-7)28(45-25)22-12-14-23(39)15-13-22/h10-17,20,27-28,39H,8-9,18-19H2,1-7H3,(H,35,40)(H2,36,37,38,42,43)/b17-11+/t27-,28+/m1/s1. The normalized spacial score (nSPS) is 16.1. The number of benzene rings is 2. The van der Waals surface area contributed by atoms with Crippen molar-refractivity contribution in [3.63, 3.8) is 0 Å². The first-order valence-electron chi connectivity index (χ1n) is 15.2. The lowest BCUT2D eigenvalue weighted by Gasteiger charge is -2.21. The number of hydrogen-bond acceptors (Lipinski definition) is 9. The van der Waals surface area contributed by atoms with E-state index in [0.29, 0.717) is 48.4 Å². The molecule has 0 fully saturated rings. The average molecular weight is 653 g/mol. The summed E-state index contributed by atoms with van der Waals surface area (Å²) < 4.78 is 21.6. The quantitative estimate of drug-likeness (QED) is 0.0713. The summed E-state index contributed by atoms with van der Waals surface area (Å²) in [5.41, 5.74) is 0.544. The molecule has 47 heavy (non-hydrogen) atoms. The summed E-state index contributed by atoms with van der Waals surface area (Å²) in [6.07, 6.45) is 1.94. The maximum Gasteiger partial charge on any atom is 0.437 e. The molecule has 13 nitrogen and oxygen atoms in total. The maximum atomic E-state index is 12.7. The van der Waals surface area contributed by atoms with Crippen molar-refractivity contribution in [2.75, 3.05) is 20.2 Å². The van der Waals surface area contributed by atoms with Gasteiger partial charge in [-0.1, -0.05) is 18.2 Å². The zero-order valence-corrected chi connectivity index (χ0v) is 27.8. The Labute approximate surface area is 274 Å². The molecule has 2 aromatic rings. The third kappa shape index (κ3) is 12.0. The number of fused-ring (bicyclic) bond motifs is 1. The molecule has 0 bridgehead atoms. The van der Waals surface area contributed by atoms with Gasteiger partial charge in [-0.25, -0.2) is 9.59 Å². The molecule has 2 aromatic carbocycles. The molecule has 254 valence electrons. The number of alkyl carbamates (subject to hydrolysis) is 1. The highest BCUT2D eigenvalue weighted by molar-refractivity contribution is 5.98. The highest BCUT2D eigenvalue weighted by Crippen LogP contribution is 2.47. The summed E-state index contributed by atoms with van der Waals surface area (Å²) in [5.74, 6) is -0.950. The molecule has 0 spiro atoms. The fraction of sp³-hybridized carbons (Fsp3) is 0.441. The zero-order chi connectivity index (χ0) is 34.8. The summed E-state index contributed by atoms with van der Waals surface area (Å²) in [4.78, 5) is 53.4. The number of carbonyl (C=O) groups is 4. The van der Waals surface area contributed by atoms with Crippen molar-refractivity contribution in [2.45, 2.75) is 77.6 Å². The van der Waals surface area contributed by atoms with E-state index in [1.54, 1.807) is 78.0 Å². The molecular weight excluding hydrogens is 608 g/mol. The molecule has 0 saturated carbocycles. The fourth-order valence-corrected chi connectivity index (χ4v) is 4.48. The highest BCUT2D eigenvalue weighted by atomic mass is 16.6. The molecule has 4 N–H and O–H groups in total. The number of nitrogens with zero attached hydrogens (tertiary/aromatic N) is 1. The lowest BCUT2D eigenvalue weighted by atomic mass is 9.90. The van der Waals surface area contributed by atoms with E-state index in [0.717, 1.165) is 0 Å². The van der Waals surface area contributed by atoms with Gasteiger partial charge < -0.3 is 34.7 Å². The van der Waals surface area contributed by atoms with Gasteiger partial charge in [0.15, 0.2) is 0 Å². The number of hydrogen-bond donors (Lipinski definition) is 4. The van der Waals surface area contributed by atoms with E-state index < -0.39 is 41.4 Å². The Morgan fingerprint density at radius 1 is 0.915 bits per heavy atom. The highest BCUT2D eigenvalue weighted by Gasteiger charge is 2.41. The average Bonchev–Trinajstić information content (AvgIpc) is 3.34. The summed E-state index contributed by atoms with van der Waals surface area (Å²) in [6.45, 7) is 11.0. The van der Waals surface area contributed by atoms with Crippen molar-refractivity contribution < 1.29 is 43.2 Å². The van der Waals surface area contributed by atoms with Crippen LogP contribution in [0.1, 0.15) is 83.1 Å². The zero-order valence-electron chi connectivity index (χ0n) is 27.8. The maximum absolute atomic E-state index is 12.7. The predicted octanol–water partition coefficient (Wildman–Crippen LogP) is 5.10. The Morgan fingerprint density at radius 2 is 1.55 bits per heavy atom. The second-order valence-electron chi connectivity index (χ2n) is 12.8. The van der Waals surface area contributed by atoms with Crippen LogP contribution in [0.3, 0.4) is 0 Å². The smallest absolute Gasteiger partial charge is 0.437 e. The number of esters is 1. The van der Waals surface area contributed by atoms with Crippen molar-refractivity contribution in [1.29, 1.82) is 0 Å². The lowest BCUT2D eigenvalue weighted by Crippen LogP contribution is -2.44. The summed E-state index contributed by atoms with van der Waals surface area (Å²) >= 11 is 0. The number of guanidine groups is 1. The monoisotopic (exact) mass is 652 g/mol. The number of phenolic OH excluding ortho intramolecular Hbond substituents is 1. The first-order chi connectivity index (χ1) is 22.0. The second kappa shape index (κ2) is 16.0. The van der Waals surface area contributed by atoms with Crippen LogP contribution in [0.4, 0.5) is 9.59 Å². The molecular formula is C34H44N4O9. The number of rotatable bonds is 9. The van der Waals surface area contributed by atoms with Crippen LogP contribution in [0.2, 0.25) is 0 Å². The molecule has 13 heteroatoms. The van der Waals surface area contributed by atoms with E-state index in [9.17, 15) is 24.3 Å². The number of ether oxygens (including phenoxy) is 4. The van der Waals surface area contributed by atoms with Gasteiger partial charge in [-0.05, 0) is 95.9 Å². The minimum atomic E-state index is -0.871. The molecule has 0 aliphatic carbocycles. The molecule has 1 aliphatic heterocycles. The van der Waals surface area contributed by atoms with E-state index in [1.807, 2.05) is 0 Å². The van der Waals surface area contributed by atoms with E-state index in [4.69, 9.17) is 18.9 Å². The molecule has 0 saturated heterocycles. The second-order valence-corrected chi connectivity index (χ2v) is 12.8. The van der Waals surface area contributed by atoms with Gasteiger partial charge in [0.05, 0.1) is 7.11 Å². The van der Waals surface area contributed by atoms with Gasteiger partial charge in [-0.15, -0.1) is 4.99 Å². The number of unbranched alkanes of at least 4 members (excludes halogenated alkanes) is 1. The van der Waals surface area contributed by atoms with E-state index in [2.05, 4.69) is 20.9 Å². The Bertz CT molecular complexity index is 1490. The Kier molecular flexibility index (Phi) is 12.4. The predicted molar refractivity (Wildman–Crippen MR) is 175 cm³/mol. The molecule has 1 heterocycles. The van der Waals surface area contributed by atoms with Crippen molar-refractivity contribution in [1.82, 2.24) is 16.0 Å². The Hall–Kier alpha value is -5.07. The fourth-order valence-electron chi connectivity index (χ4n) is 4.48. The number of phenols is 1. The van der Waals surface area contributed by atoms with Crippen LogP contribution in [0.15, 0.2) is 53.5 Å². The van der Waals surface area contributed by atoms with Crippen molar-refractivity contribution >= 4 is 36.1 Å². The number of aliphatic imine (C=N–C) groups is 1. The summed E-state index contributed by atoms with van der Waals surface area (Å²) in [7, 11) is 1.32. The van der Waals surface area contributed by atoms with Gasteiger partial charge in [0, 0.05) is 24.7 Å². The molecule has 0 aromatic heterocycles. The minimum absolute atomic E-state index is 0.104. The van der Waals surface area contributed by atoms with Crippen LogP contribution < -0.4 is 20.7 Å². The third-order valence-electron chi connectivity index (χ3n) is 6.44. The lowest BCUT2D eigenvalue weighted by molar-refractivity contribution is -0.144. The SMILES string of the molecule is COC(=O)[C@@H]1c2cc(/C=C/C(=O)NCCCCNC(=NC(=O)OC(C)(C)C)NC(=O)OC(C)(C)C)ccc2O[C@H]1c1ccc(O)cc1. The number of nitrogens with one attached hydrogen (secondary N) is 3. The molecule has 2 atom stereocenters. The van der Waals surface area contributed by atoms with E-state index in [-0.39, 0.29) is 17.6 Å². The Balaban J connectivity index is 1.52. The van der Waals surface area contributed by atoms with Crippen molar-refractivity contribution in [3.8, 4) is 11.5 Å². The number of aromatic hydroxyl groups is 1. The van der Waals surface area contributed by atoms with Crippen LogP contribution in [0.25, 0.3) is 6.08 Å². The molecule has 0 unspecified atom stereocenters. The largest absolute Gasteiger partial charge is 0.508 e. The molecule has 1 aliphatic rings. The third-order valence-corrected chi connectivity index (χ3v) is 6.44. The topological polar surface area (TPSA) is 174 Å². The minimum Gasteiger partial charge on any atom is -0.508 e. The van der Waals surface area contributed by atoms with Crippen LogP contribution in [0, 0.1) is 0 Å². The summed E-state index contributed by atoms with van der Waals surface area (Å²) in [6, 6.07) is 11.8. The van der Waals surface area contributed by atoms with E-state index >= 15 is 0 Å². The van der Waals surface area contributed by atoms with Gasteiger partial charge in [-0.2, -0.15) is 0 Å². The van der Waals surface area contributed by atoms with Gasteiger partial charge in [0.2, 0.25) is 11.9 Å². The van der Waals surface area contributed by atoms with Crippen LogP contribution in [-0.2, 0) is 23.8 Å². The van der Waals surface area contributed by atoms with Gasteiger partial charge in [0.25, 0.3) is 0 Å². The first-order valence-corrected chi connectivity index (χ1v) is 15.2. The van der Waals surface area contributed by atoms with Gasteiger partial charge >= 0.3 is 18.2 Å². The molecule has 3 amide bonds. The van der Waals surface area contributed by atoms with E-state index in [1.165, 1.54) is 25.3 Å². The van der Waals surface area contributed by atoms with Crippen LogP contribution in [-0.4, -0.2) is 66.5 Å². The van der Waals surface area contributed by atoms with Crippen molar-refractivity contribution in [2.24, 2.45) is 4.99 Å². The van der Waals surface area contributed by atoms with Crippen LogP contribution in [0.5, 0.6) is 11.5 Å². The Morgan fingerprint density at radius 3 is 2.17 bits per heavy atom. The van der Waals surface area contributed by atoms with Gasteiger partial charge in [-0.3, -0.25) is 14.9 Å². The molecule has 3 rings (SSSR count). The number of carbonyl (C=O) groups excluding carboxylic acids is 4. The van der Waals surface area contributed by atoms with Crippen LogP contribution >= 0.6 is 0 Å². The summed E-state index contributed by atoms with van der Waals surface area (Å²) in [5, 5.41) is 17.8. The van der Waals surface area contributed by atoms with Gasteiger partial charge in [0.1, 0.15) is 34.7 Å². The molecule has 0 radical (unpaired) electrons. The number of methoxy groups -OCH3 is 1. The number of amides is 3.